The highest BCUT2D eigenvalue weighted by Crippen LogP contribution is 2.37. The van der Waals surface area contributed by atoms with Crippen molar-refractivity contribution in [2.45, 2.75) is 31.8 Å². The quantitative estimate of drug-likeness (QED) is 0.742. The number of nitrogens with zero attached hydrogens (tertiary/aromatic N) is 2. The zero-order valence-corrected chi connectivity index (χ0v) is 16.2. The van der Waals surface area contributed by atoms with Crippen molar-refractivity contribution in [1.82, 2.24) is 15.1 Å². The number of likely N-dealkylation sites (N-methyl/N-ethyl adjacent to an activating group) is 2. The molecule has 138 valence electrons. The van der Waals surface area contributed by atoms with Crippen molar-refractivity contribution in [3.63, 3.8) is 0 Å². The predicted molar refractivity (Wildman–Crippen MR) is 113 cm³/mol. The van der Waals surface area contributed by atoms with Gasteiger partial charge in [0, 0.05) is 43.6 Å². The molecule has 2 aliphatic heterocycles. The van der Waals surface area contributed by atoms with Crippen molar-refractivity contribution in [2.24, 2.45) is 0 Å². The van der Waals surface area contributed by atoms with Crippen molar-refractivity contribution in [1.29, 1.82) is 0 Å². The molecule has 1 atom stereocenters. The van der Waals surface area contributed by atoms with Gasteiger partial charge in [-0.15, -0.1) is 6.58 Å². The molecular weight excluding hydrogens is 318 g/mol. The molecule has 26 heavy (non-hydrogen) atoms. The van der Waals surface area contributed by atoms with E-state index in [1.807, 2.05) is 13.1 Å². The maximum atomic E-state index is 4.38. The van der Waals surface area contributed by atoms with Crippen LogP contribution in [0.4, 0.5) is 0 Å². The Morgan fingerprint density at radius 2 is 2.19 bits per heavy atom. The Balaban J connectivity index is 1.84. The first-order valence-corrected chi connectivity index (χ1v) is 9.49. The van der Waals surface area contributed by atoms with Gasteiger partial charge in [0.1, 0.15) is 0 Å². The Morgan fingerprint density at radius 3 is 2.85 bits per heavy atom. The molecule has 0 saturated heterocycles. The summed E-state index contributed by atoms with van der Waals surface area (Å²) in [5.41, 5.74) is 7.63. The fourth-order valence-corrected chi connectivity index (χ4v) is 3.93. The van der Waals surface area contributed by atoms with E-state index in [1.165, 1.54) is 22.3 Å². The first-order chi connectivity index (χ1) is 12.5. The van der Waals surface area contributed by atoms with Crippen molar-refractivity contribution in [2.75, 3.05) is 27.2 Å². The van der Waals surface area contributed by atoms with E-state index in [2.05, 4.69) is 66.2 Å². The highest BCUT2D eigenvalue weighted by molar-refractivity contribution is 5.74. The van der Waals surface area contributed by atoms with Crippen molar-refractivity contribution in [3.05, 3.63) is 72.5 Å². The van der Waals surface area contributed by atoms with E-state index in [1.54, 1.807) is 0 Å². The molecule has 0 bridgehead atoms. The third kappa shape index (κ3) is 3.63. The largest absolute Gasteiger partial charge is 0.390 e. The highest BCUT2D eigenvalue weighted by Gasteiger charge is 2.29. The van der Waals surface area contributed by atoms with Gasteiger partial charge in [-0.2, -0.15) is 0 Å². The second-order valence-corrected chi connectivity index (χ2v) is 7.35. The lowest BCUT2D eigenvalue weighted by Gasteiger charge is -2.32. The number of allylic oxidation sites excluding steroid dienone is 1. The fraction of sp³-hybridized carbons (Fsp3) is 0.391. The zero-order valence-electron chi connectivity index (χ0n) is 16.2. The highest BCUT2D eigenvalue weighted by atomic mass is 15.2. The van der Waals surface area contributed by atoms with E-state index in [0.29, 0.717) is 0 Å². The minimum Gasteiger partial charge on any atom is -0.390 e. The lowest BCUT2D eigenvalue weighted by Crippen LogP contribution is -2.35. The van der Waals surface area contributed by atoms with Gasteiger partial charge in [0.15, 0.2) is 0 Å². The lowest BCUT2D eigenvalue weighted by molar-refractivity contribution is 0.312. The molecule has 0 aliphatic carbocycles. The minimum atomic E-state index is 0.240. The SMILES string of the molecule is C=CCCC(C(=C)NC)N1Cc2cc(C3=CCN(C)CC3)ccc2C1=C. The maximum Gasteiger partial charge on any atom is 0.0688 e. The van der Waals surface area contributed by atoms with Crippen molar-refractivity contribution >= 4 is 11.3 Å². The summed E-state index contributed by atoms with van der Waals surface area (Å²) < 4.78 is 0. The monoisotopic (exact) mass is 349 g/mol. The first-order valence-electron chi connectivity index (χ1n) is 9.49. The van der Waals surface area contributed by atoms with Crippen LogP contribution in [-0.2, 0) is 6.54 Å². The maximum absolute atomic E-state index is 4.38. The molecule has 0 aromatic heterocycles. The molecule has 1 aromatic rings. The second kappa shape index (κ2) is 7.96. The predicted octanol–water partition coefficient (Wildman–Crippen LogP) is 4.26. The number of benzene rings is 1. The third-order valence-corrected chi connectivity index (χ3v) is 5.63. The molecule has 1 aromatic carbocycles. The lowest BCUT2D eigenvalue weighted by atomic mass is 9.96. The second-order valence-electron chi connectivity index (χ2n) is 7.35. The number of nitrogens with one attached hydrogen (secondary N) is 1. The minimum absolute atomic E-state index is 0.240. The van der Waals surface area contributed by atoms with Gasteiger partial charge in [-0.1, -0.05) is 37.4 Å². The van der Waals surface area contributed by atoms with Gasteiger partial charge in [0.2, 0.25) is 0 Å². The molecule has 0 amide bonds. The van der Waals surface area contributed by atoms with Crippen LogP contribution in [0.2, 0.25) is 0 Å². The van der Waals surface area contributed by atoms with Gasteiger partial charge in [-0.25, -0.2) is 0 Å². The molecule has 3 heteroatoms. The van der Waals surface area contributed by atoms with Crippen LogP contribution in [0.1, 0.15) is 36.0 Å². The molecule has 1 unspecified atom stereocenters. The number of rotatable bonds is 7. The number of fused-ring (bicyclic) bond motifs is 1. The van der Waals surface area contributed by atoms with Crippen LogP contribution in [-0.4, -0.2) is 43.0 Å². The summed E-state index contributed by atoms with van der Waals surface area (Å²) in [6, 6.07) is 7.11. The van der Waals surface area contributed by atoms with E-state index < -0.39 is 0 Å². The molecule has 0 saturated carbocycles. The van der Waals surface area contributed by atoms with Crippen LogP contribution >= 0.6 is 0 Å². The Labute approximate surface area is 158 Å². The van der Waals surface area contributed by atoms with Gasteiger partial charge in [-0.05, 0) is 49.1 Å². The molecule has 3 nitrogen and oxygen atoms in total. The summed E-state index contributed by atoms with van der Waals surface area (Å²) in [6.45, 7) is 15.6. The van der Waals surface area contributed by atoms with E-state index in [-0.39, 0.29) is 6.04 Å². The molecule has 0 fully saturated rings. The normalized spacial score (nSPS) is 18.3. The topological polar surface area (TPSA) is 18.5 Å². The van der Waals surface area contributed by atoms with Gasteiger partial charge in [0.05, 0.1) is 6.04 Å². The number of hydrogen-bond acceptors (Lipinski definition) is 3. The van der Waals surface area contributed by atoms with Crippen LogP contribution < -0.4 is 5.32 Å². The van der Waals surface area contributed by atoms with Crippen LogP contribution in [0.15, 0.2) is 55.8 Å². The van der Waals surface area contributed by atoms with Crippen LogP contribution in [0.25, 0.3) is 11.3 Å². The molecule has 0 radical (unpaired) electrons. The fourth-order valence-electron chi connectivity index (χ4n) is 3.93. The number of hydrogen-bond donors (Lipinski definition) is 1. The van der Waals surface area contributed by atoms with Crippen LogP contribution in [0.5, 0.6) is 0 Å². The Kier molecular flexibility index (Phi) is 5.67. The molecule has 0 spiro atoms. The summed E-state index contributed by atoms with van der Waals surface area (Å²) >= 11 is 0. The summed E-state index contributed by atoms with van der Waals surface area (Å²) in [7, 11) is 4.12. The average Bonchev–Trinajstić information content (AvgIpc) is 2.98. The summed E-state index contributed by atoms with van der Waals surface area (Å²) in [5, 5.41) is 3.24. The third-order valence-electron chi connectivity index (χ3n) is 5.63. The Hall–Kier alpha value is -2.26. The molecule has 3 rings (SSSR count). The standard InChI is InChI=1S/C23H31N3/c1-6-7-8-23(17(2)24-4)26-16-21-15-20(9-10-22(21)18(26)3)19-11-13-25(5)14-12-19/h6,9-11,15,23-24H,1-3,7-8,12-14,16H2,4-5H3. The van der Waals surface area contributed by atoms with Crippen molar-refractivity contribution < 1.29 is 0 Å². The molecule has 2 aliphatic rings. The molecular formula is C23H31N3. The molecule has 2 heterocycles. The van der Waals surface area contributed by atoms with E-state index in [4.69, 9.17) is 0 Å². The molecule has 1 N–H and O–H groups in total. The van der Waals surface area contributed by atoms with Crippen LogP contribution in [0, 0.1) is 0 Å². The van der Waals surface area contributed by atoms with E-state index >= 15 is 0 Å². The van der Waals surface area contributed by atoms with Gasteiger partial charge >= 0.3 is 0 Å². The van der Waals surface area contributed by atoms with E-state index in [0.717, 1.165) is 50.3 Å². The summed E-state index contributed by atoms with van der Waals surface area (Å²) in [5.74, 6) is 0. The summed E-state index contributed by atoms with van der Waals surface area (Å²) in [6.07, 6.45) is 7.44. The van der Waals surface area contributed by atoms with Gasteiger partial charge < -0.3 is 15.1 Å². The van der Waals surface area contributed by atoms with Crippen LogP contribution in [0.3, 0.4) is 0 Å². The Bertz CT molecular complexity index is 744. The first kappa shape index (κ1) is 18.5. The average molecular weight is 350 g/mol. The van der Waals surface area contributed by atoms with Gasteiger partial charge in [-0.3, -0.25) is 0 Å². The zero-order chi connectivity index (χ0) is 18.7. The van der Waals surface area contributed by atoms with E-state index in [9.17, 15) is 0 Å². The van der Waals surface area contributed by atoms with Crippen molar-refractivity contribution in [3.8, 4) is 0 Å². The smallest absolute Gasteiger partial charge is 0.0688 e. The van der Waals surface area contributed by atoms with Gasteiger partial charge in [0.25, 0.3) is 0 Å². The summed E-state index contributed by atoms with van der Waals surface area (Å²) in [4.78, 5) is 4.74. The Morgan fingerprint density at radius 1 is 1.38 bits per heavy atom.